The maximum absolute atomic E-state index is 11.7. The Morgan fingerprint density at radius 2 is 1.90 bits per heavy atom. The minimum absolute atomic E-state index is 0.0790. The number of H-pyrrole nitrogens is 1. The molecule has 0 saturated carbocycles. The quantitative estimate of drug-likeness (QED) is 0.488. The minimum atomic E-state index is -0.629. The van der Waals surface area contributed by atoms with E-state index in [1.807, 2.05) is 53.4 Å². The summed E-state index contributed by atoms with van der Waals surface area (Å²) in [6, 6.07) is 21.9. The number of benzene rings is 3. The highest BCUT2D eigenvalue weighted by molar-refractivity contribution is 6.30. The molecule has 5 rings (SSSR count). The molecule has 1 unspecified atom stereocenters. The van der Waals surface area contributed by atoms with Gasteiger partial charge in [-0.1, -0.05) is 41.9 Å². The second-order valence-electron chi connectivity index (χ2n) is 7.02. The molecule has 0 bridgehead atoms. The zero-order valence-electron chi connectivity index (χ0n) is 15.5. The summed E-state index contributed by atoms with van der Waals surface area (Å²) >= 11 is 6.17. The number of rotatable bonds is 4. The molecule has 0 aliphatic carbocycles. The van der Waals surface area contributed by atoms with Crippen molar-refractivity contribution in [1.29, 1.82) is 0 Å². The monoisotopic (exact) mass is 403 g/mol. The van der Waals surface area contributed by atoms with Crippen LogP contribution in [-0.2, 0) is 9.53 Å². The summed E-state index contributed by atoms with van der Waals surface area (Å²) in [6.07, 6.45) is 1.88. The van der Waals surface area contributed by atoms with Crippen molar-refractivity contribution >= 4 is 34.6 Å². The normalized spacial score (nSPS) is 19.0. The smallest absolute Gasteiger partial charge is 0.187 e. The van der Waals surface area contributed by atoms with E-state index >= 15 is 0 Å². The highest BCUT2D eigenvalue weighted by Gasteiger charge is 2.35. The van der Waals surface area contributed by atoms with Crippen molar-refractivity contribution in [2.75, 3.05) is 11.5 Å². The van der Waals surface area contributed by atoms with Crippen LogP contribution < -0.4 is 4.90 Å². The van der Waals surface area contributed by atoms with Gasteiger partial charge < -0.3 is 14.6 Å². The molecule has 6 heteroatoms. The van der Waals surface area contributed by atoms with Crippen LogP contribution >= 0.6 is 11.6 Å². The number of carbonyl (C=O) groups excluding carboxylic acids is 1. The molecule has 1 N–H and O–H groups in total. The lowest BCUT2D eigenvalue weighted by Gasteiger charge is -2.28. The lowest BCUT2D eigenvalue weighted by Crippen LogP contribution is -2.33. The fraction of sp³-hybridized carbons (Fsp3) is 0.130. The second-order valence-corrected chi connectivity index (χ2v) is 7.46. The van der Waals surface area contributed by atoms with Gasteiger partial charge in [-0.05, 0) is 53.1 Å². The summed E-state index contributed by atoms with van der Waals surface area (Å²) in [7, 11) is 0. The zero-order chi connectivity index (χ0) is 19.8. The SMILES string of the molecule is O=CC1OC[C@H](c2cccc(-c3cccc(Cl)c3)c2)N1c1ccc2nc[nH]c2c1. The van der Waals surface area contributed by atoms with Gasteiger partial charge in [-0.2, -0.15) is 0 Å². The summed E-state index contributed by atoms with van der Waals surface area (Å²) < 4.78 is 5.81. The molecule has 1 aliphatic rings. The average Bonchev–Trinajstić information content (AvgIpc) is 3.40. The molecular formula is C23H18ClN3O2. The third-order valence-corrected chi connectivity index (χ3v) is 5.52. The predicted octanol–water partition coefficient (Wildman–Crippen LogP) is 4.99. The fourth-order valence-electron chi connectivity index (χ4n) is 3.89. The van der Waals surface area contributed by atoms with Gasteiger partial charge in [0.2, 0.25) is 0 Å². The predicted molar refractivity (Wildman–Crippen MR) is 114 cm³/mol. The van der Waals surface area contributed by atoms with Crippen molar-refractivity contribution in [3.8, 4) is 11.1 Å². The molecule has 4 aromatic rings. The van der Waals surface area contributed by atoms with Gasteiger partial charge >= 0.3 is 0 Å². The molecule has 5 nitrogen and oxygen atoms in total. The van der Waals surface area contributed by atoms with E-state index in [0.717, 1.165) is 39.7 Å². The number of halogens is 1. The number of hydrogen-bond donors (Lipinski definition) is 1. The summed E-state index contributed by atoms with van der Waals surface area (Å²) in [5, 5.41) is 0.701. The first-order valence-electron chi connectivity index (χ1n) is 9.37. The van der Waals surface area contributed by atoms with E-state index in [4.69, 9.17) is 16.3 Å². The third-order valence-electron chi connectivity index (χ3n) is 5.28. The van der Waals surface area contributed by atoms with Crippen LogP contribution in [0.4, 0.5) is 5.69 Å². The van der Waals surface area contributed by atoms with Gasteiger partial charge in [-0.3, -0.25) is 4.79 Å². The van der Waals surface area contributed by atoms with Gasteiger partial charge in [0.15, 0.2) is 12.5 Å². The number of anilines is 1. The molecule has 1 aromatic heterocycles. The molecule has 0 spiro atoms. The van der Waals surface area contributed by atoms with Crippen LogP contribution in [0, 0.1) is 0 Å². The molecule has 144 valence electrons. The molecule has 1 saturated heterocycles. The average molecular weight is 404 g/mol. The first kappa shape index (κ1) is 17.9. The number of ether oxygens (including phenoxy) is 1. The highest BCUT2D eigenvalue weighted by atomic mass is 35.5. The van der Waals surface area contributed by atoms with Crippen LogP contribution in [0.5, 0.6) is 0 Å². The molecule has 2 atom stereocenters. The summed E-state index contributed by atoms with van der Waals surface area (Å²) in [6.45, 7) is 0.434. The van der Waals surface area contributed by atoms with E-state index in [-0.39, 0.29) is 6.04 Å². The van der Waals surface area contributed by atoms with Crippen molar-refractivity contribution in [2.45, 2.75) is 12.3 Å². The van der Waals surface area contributed by atoms with Crippen LogP contribution in [0.3, 0.4) is 0 Å². The standard InChI is InChI=1S/C23H18ClN3O2/c24-18-6-2-4-16(10-18)15-3-1-5-17(9-15)22-13-29-23(12-28)27(22)19-7-8-20-21(11-19)26-14-25-20/h1-12,14,22-23H,13H2,(H,25,26)/t22-,23?/m1/s1. The Morgan fingerprint density at radius 3 is 2.72 bits per heavy atom. The number of nitrogens with one attached hydrogen (secondary N) is 1. The van der Waals surface area contributed by atoms with Crippen molar-refractivity contribution in [2.24, 2.45) is 0 Å². The molecule has 0 amide bonds. The maximum atomic E-state index is 11.7. The minimum Gasteiger partial charge on any atom is -0.349 e. The molecule has 1 fully saturated rings. The molecule has 3 aromatic carbocycles. The largest absolute Gasteiger partial charge is 0.349 e. The zero-order valence-corrected chi connectivity index (χ0v) is 16.2. The first-order chi connectivity index (χ1) is 14.2. The van der Waals surface area contributed by atoms with Crippen molar-refractivity contribution in [3.63, 3.8) is 0 Å². The Balaban J connectivity index is 1.55. The summed E-state index contributed by atoms with van der Waals surface area (Å²) in [5.41, 5.74) is 5.92. The third kappa shape index (κ3) is 3.28. The van der Waals surface area contributed by atoms with E-state index in [1.54, 1.807) is 6.33 Å². The number of fused-ring (bicyclic) bond motifs is 1. The Labute approximate surface area is 172 Å². The van der Waals surface area contributed by atoms with Crippen LogP contribution in [-0.4, -0.2) is 29.1 Å². The first-order valence-corrected chi connectivity index (χ1v) is 9.75. The van der Waals surface area contributed by atoms with Gasteiger partial charge in [0, 0.05) is 10.7 Å². The Kier molecular flexibility index (Phi) is 4.54. The Bertz CT molecular complexity index is 1190. The van der Waals surface area contributed by atoms with Crippen molar-refractivity contribution in [1.82, 2.24) is 9.97 Å². The number of imidazole rings is 1. The number of hydrogen-bond acceptors (Lipinski definition) is 4. The summed E-state index contributed by atoms with van der Waals surface area (Å²) in [4.78, 5) is 21.1. The lowest BCUT2D eigenvalue weighted by molar-refractivity contribution is -0.115. The van der Waals surface area contributed by atoms with E-state index in [9.17, 15) is 4.79 Å². The van der Waals surface area contributed by atoms with E-state index < -0.39 is 6.23 Å². The second kappa shape index (κ2) is 7.35. The summed E-state index contributed by atoms with van der Waals surface area (Å²) in [5.74, 6) is 0. The van der Waals surface area contributed by atoms with Gasteiger partial charge in [0.25, 0.3) is 0 Å². The number of nitrogens with zero attached hydrogens (tertiary/aromatic N) is 2. The van der Waals surface area contributed by atoms with Gasteiger partial charge in [-0.25, -0.2) is 4.98 Å². The lowest BCUT2D eigenvalue weighted by atomic mass is 9.99. The Morgan fingerprint density at radius 1 is 1.07 bits per heavy atom. The fourth-order valence-corrected chi connectivity index (χ4v) is 4.08. The van der Waals surface area contributed by atoms with Gasteiger partial charge in [0.05, 0.1) is 30.0 Å². The Hall–Kier alpha value is -3.15. The number of carbonyl (C=O) groups is 1. The molecule has 0 radical (unpaired) electrons. The van der Waals surface area contributed by atoms with E-state index in [2.05, 4.69) is 28.2 Å². The number of aromatic amines is 1. The van der Waals surface area contributed by atoms with E-state index in [1.165, 1.54) is 0 Å². The van der Waals surface area contributed by atoms with Crippen LogP contribution in [0.25, 0.3) is 22.2 Å². The molecular weight excluding hydrogens is 386 g/mol. The molecule has 1 aliphatic heterocycles. The number of aldehydes is 1. The number of aromatic nitrogens is 2. The maximum Gasteiger partial charge on any atom is 0.187 e. The van der Waals surface area contributed by atoms with Crippen molar-refractivity contribution in [3.05, 3.63) is 83.6 Å². The molecule has 29 heavy (non-hydrogen) atoms. The topological polar surface area (TPSA) is 58.2 Å². The molecule has 2 heterocycles. The van der Waals surface area contributed by atoms with Crippen molar-refractivity contribution < 1.29 is 9.53 Å². The van der Waals surface area contributed by atoms with Gasteiger partial charge in [0.1, 0.15) is 0 Å². The van der Waals surface area contributed by atoms with Crippen LogP contribution in [0.15, 0.2) is 73.1 Å². The van der Waals surface area contributed by atoms with E-state index in [0.29, 0.717) is 11.6 Å². The van der Waals surface area contributed by atoms with Gasteiger partial charge in [-0.15, -0.1) is 0 Å². The van der Waals surface area contributed by atoms with Crippen LogP contribution in [0.2, 0.25) is 5.02 Å². The highest BCUT2D eigenvalue weighted by Crippen LogP contribution is 2.37. The van der Waals surface area contributed by atoms with Crippen LogP contribution in [0.1, 0.15) is 11.6 Å².